The average molecular weight is 439 g/mol. The highest BCUT2D eigenvalue weighted by atomic mass is 16.4. The maximum atomic E-state index is 12.8. The van der Waals surface area contributed by atoms with Gasteiger partial charge in [0.15, 0.2) is 0 Å². The van der Waals surface area contributed by atoms with Gasteiger partial charge in [0.25, 0.3) is 0 Å². The van der Waals surface area contributed by atoms with Crippen molar-refractivity contribution in [2.45, 2.75) is 71.9 Å². The molecule has 0 aromatic carbocycles. The molecule has 2 aliphatic rings. The molecular formula is C22H38N4O5. The minimum atomic E-state index is -1.11. The van der Waals surface area contributed by atoms with E-state index in [4.69, 9.17) is 5.11 Å². The standard InChI is InChI=1S/C22H38N4O5/c1-22(2,3)21(31)25-17(13-19(28)29)24-20(30)16-5-4-12-26(14-16)18(27)7-6-15-8-10-23-11-9-15/h15-17,23H,4-14H2,1-3H3,(H,24,30)(H,25,31)(H,28,29)/t16-,17-/m1/s1. The first-order valence-electron chi connectivity index (χ1n) is 11.4. The Hall–Kier alpha value is -2.16. The molecule has 2 saturated heterocycles. The summed E-state index contributed by atoms with van der Waals surface area (Å²) in [6, 6.07) is 0. The number of nitrogens with zero attached hydrogens (tertiary/aromatic N) is 1. The van der Waals surface area contributed by atoms with Crippen molar-refractivity contribution >= 4 is 23.7 Å². The summed E-state index contributed by atoms with van der Waals surface area (Å²) in [6.45, 7) is 8.16. The SMILES string of the molecule is CC(C)(C)C(=O)N[C@H](CC(=O)O)NC(=O)[C@@H]1CCCN(C(=O)CCC2CCNCC2)C1. The van der Waals surface area contributed by atoms with Crippen LogP contribution in [0.4, 0.5) is 0 Å². The first kappa shape index (κ1) is 25.1. The van der Waals surface area contributed by atoms with Crippen LogP contribution in [0.1, 0.15) is 65.7 Å². The highest BCUT2D eigenvalue weighted by Crippen LogP contribution is 2.22. The second-order valence-corrected chi connectivity index (χ2v) is 9.79. The maximum Gasteiger partial charge on any atom is 0.307 e. The number of aliphatic carboxylic acids is 1. The topological polar surface area (TPSA) is 128 Å². The summed E-state index contributed by atoms with van der Waals surface area (Å²) in [5.74, 6) is -1.51. The molecule has 2 heterocycles. The molecular weight excluding hydrogens is 400 g/mol. The number of likely N-dealkylation sites (tertiary alicyclic amines) is 1. The summed E-state index contributed by atoms with van der Waals surface area (Å²) < 4.78 is 0. The van der Waals surface area contributed by atoms with Crippen molar-refractivity contribution < 1.29 is 24.3 Å². The molecule has 4 N–H and O–H groups in total. The first-order valence-corrected chi connectivity index (χ1v) is 11.4. The Morgan fingerprint density at radius 1 is 1.10 bits per heavy atom. The third-order valence-electron chi connectivity index (χ3n) is 6.05. The summed E-state index contributed by atoms with van der Waals surface area (Å²) >= 11 is 0. The van der Waals surface area contributed by atoms with Crippen LogP contribution in [-0.2, 0) is 19.2 Å². The highest BCUT2D eigenvalue weighted by molar-refractivity contribution is 5.85. The lowest BCUT2D eigenvalue weighted by Gasteiger charge is -2.33. The maximum absolute atomic E-state index is 12.8. The van der Waals surface area contributed by atoms with Crippen LogP contribution in [-0.4, -0.2) is 66.0 Å². The zero-order valence-corrected chi connectivity index (χ0v) is 19.0. The molecule has 2 rings (SSSR count). The van der Waals surface area contributed by atoms with Gasteiger partial charge in [0, 0.05) is 24.9 Å². The average Bonchev–Trinajstić information content (AvgIpc) is 2.71. The summed E-state index contributed by atoms with van der Waals surface area (Å²) in [6.07, 6.45) is 3.57. The van der Waals surface area contributed by atoms with E-state index >= 15 is 0 Å². The fourth-order valence-corrected chi connectivity index (χ4v) is 4.05. The Morgan fingerprint density at radius 3 is 2.39 bits per heavy atom. The third kappa shape index (κ3) is 8.47. The van der Waals surface area contributed by atoms with Crippen LogP contribution in [0.3, 0.4) is 0 Å². The minimum Gasteiger partial charge on any atom is -0.481 e. The molecule has 0 aromatic heterocycles. The fourth-order valence-electron chi connectivity index (χ4n) is 4.05. The largest absolute Gasteiger partial charge is 0.481 e. The Bertz CT molecular complexity index is 655. The van der Waals surface area contributed by atoms with Crippen LogP contribution >= 0.6 is 0 Å². The Balaban J connectivity index is 1.88. The van der Waals surface area contributed by atoms with Crippen LogP contribution in [0, 0.1) is 17.3 Å². The van der Waals surface area contributed by atoms with Crippen LogP contribution in [0.2, 0.25) is 0 Å². The van der Waals surface area contributed by atoms with Crippen LogP contribution in [0.5, 0.6) is 0 Å². The lowest BCUT2D eigenvalue weighted by Crippen LogP contribution is -2.54. The van der Waals surface area contributed by atoms with Gasteiger partial charge in [-0.2, -0.15) is 0 Å². The molecule has 2 fully saturated rings. The predicted molar refractivity (Wildman–Crippen MR) is 116 cm³/mol. The Kier molecular flexibility index (Phi) is 9.28. The fraction of sp³-hybridized carbons (Fsp3) is 0.818. The van der Waals surface area contributed by atoms with Gasteiger partial charge in [-0.1, -0.05) is 20.8 Å². The number of hydrogen-bond donors (Lipinski definition) is 4. The van der Waals surface area contributed by atoms with Gasteiger partial charge in [-0.15, -0.1) is 0 Å². The molecule has 2 atom stereocenters. The zero-order valence-electron chi connectivity index (χ0n) is 19.0. The van der Waals surface area contributed by atoms with Crippen molar-refractivity contribution in [3.63, 3.8) is 0 Å². The number of rotatable bonds is 8. The molecule has 0 aromatic rings. The molecule has 0 radical (unpaired) electrons. The van der Waals surface area contributed by atoms with Crippen LogP contribution < -0.4 is 16.0 Å². The molecule has 0 bridgehead atoms. The van der Waals surface area contributed by atoms with Gasteiger partial charge in [0.2, 0.25) is 17.7 Å². The van der Waals surface area contributed by atoms with Crippen molar-refractivity contribution in [3.8, 4) is 0 Å². The van der Waals surface area contributed by atoms with Crippen molar-refractivity contribution in [1.29, 1.82) is 0 Å². The van der Waals surface area contributed by atoms with Crippen LogP contribution in [0.15, 0.2) is 0 Å². The van der Waals surface area contributed by atoms with E-state index in [1.807, 2.05) is 0 Å². The van der Waals surface area contributed by atoms with E-state index < -0.39 is 29.9 Å². The number of carboxylic acid groups (broad SMARTS) is 1. The van der Waals surface area contributed by atoms with Crippen molar-refractivity contribution in [3.05, 3.63) is 0 Å². The van der Waals surface area contributed by atoms with Crippen molar-refractivity contribution in [2.24, 2.45) is 17.3 Å². The summed E-state index contributed by atoms with van der Waals surface area (Å²) in [5.41, 5.74) is -0.704. The van der Waals surface area contributed by atoms with E-state index in [1.165, 1.54) is 0 Å². The van der Waals surface area contributed by atoms with Gasteiger partial charge >= 0.3 is 5.97 Å². The van der Waals surface area contributed by atoms with Gasteiger partial charge in [-0.3, -0.25) is 19.2 Å². The molecule has 0 aliphatic carbocycles. The van der Waals surface area contributed by atoms with E-state index in [9.17, 15) is 19.2 Å². The molecule has 0 spiro atoms. The molecule has 0 unspecified atom stereocenters. The number of amides is 3. The Morgan fingerprint density at radius 2 is 1.77 bits per heavy atom. The van der Waals surface area contributed by atoms with E-state index in [2.05, 4.69) is 16.0 Å². The number of hydrogen-bond acceptors (Lipinski definition) is 5. The number of nitrogens with one attached hydrogen (secondary N) is 3. The number of carbonyl (C=O) groups is 4. The summed E-state index contributed by atoms with van der Waals surface area (Å²) in [5, 5.41) is 17.8. The number of carbonyl (C=O) groups excluding carboxylic acids is 3. The lowest BCUT2D eigenvalue weighted by molar-refractivity contribution is -0.139. The van der Waals surface area contributed by atoms with E-state index in [1.54, 1.807) is 25.7 Å². The zero-order chi connectivity index (χ0) is 23.0. The smallest absolute Gasteiger partial charge is 0.307 e. The third-order valence-corrected chi connectivity index (χ3v) is 6.05. The molecule has 3 amide bonds. The number of piperidine rings is 2. The normalized spacial score (nSPS) is 21.3. The lowest BCUT2D eigenvalue weighted by atomic mass is 9.92. The van der Waals surface area contributed by atoms with Crippen molar-refractivity contribution in [1.82, 2.24) is 20.9 Å². The van der Waals surface area contributed by atoms with Gasteiger partial charge in [-0.05, 0) is 51.1 Å². The molecule has 0 saturated carbocycles. The van der Waals surface area contributed by atoms with Gasteiger partial charge < -0.3 is 26.0 Å². The number of carboxylic acids is 1. The van der Waals surface area contributed by atoms with Crippen LogP contribution in [0.25, 0.3) is 0 Å². The summed E-state index contributed by atoms with van der Waals surface area (Å²) in [4.78, 5) is 50.7. The van der Waals surface area contributed by atoms with Crippen molar-refractivity contribution in [2.75, 3.05) is 26.2 Å². The van der Waals surface area contributed by atoms with E-state index in [0.717, 1.165) is 38.8 Å². The first-order chi connectivity index (χ1) is 14.6. The Labute approximate surface area is 184 Å². The molecule has 2 aliphatic heterocycles. The van der Waals surface area contributed by atoms with E-state index in [0.29, 0.717) is 31.8 Å². The summed E-state index contributed by atoms with van der Waals surface area (Å²) in [7, 11) is 0. The quantitative estimate of drug-likeness (QED) is 0.420. The highest BCUT2D eigenvalue weighted by Gasteiger charge is 2.31. The molecule has 176 valence electrons. The predicted octanol–water partition coefficient (Wildman–Crippen LogP) is 1.08. The van der Waals surface area contributed by atoms with Gasteiger partial charge in [-0.25, -0.2) is 0 Å². The van der Waals surface area contributed by atoms with Gasteiger partial charge in [0.1, 0.15) is 6.17 Å². The van der Waals surface area contributed by atoms with Gasteiger partial charge in [0.05, 0.1) is 12.3 Å². The second-order valence-electron chi connectivity index (χ2n) is 9.79. The van der Waals surface area contributed by atoms with E-state index in [-0.39, 0.29) is 17.7 Å². The second kappa shape index (κ2) is 11.5. The minimum absolute atomic E-state index is 0.0825. The monoisotopic (exact) mass is 438 g/mol. The molecule has 9 nitrogen and oxygen atoms in total. The molecule has 31 heavy (non-hydrogen) atoms. The molecule has 9 heteroatoms.